The van der Waals surface area contributed by atoms with Crippen molar-refractivity contribution < 1.29 is 9.90 Å². The number of allylic oxidation sites excluding steroid dienone is 1. The second-order valence-corrected chi connectivity index (χ2v) is 5.51. The molecule has 1 unspecified atom stereocenters. The molecule has 90 valence electrons. The van der Waals surface area contributed by atoms with E-state index < -0.39 is 11.0 Å². The zero-order valence-electron chi connectivity index (χ0n) is 9.87. The number of aliphatic imine (C=N–C) groups is 1. The minimum atomic E-state index is -1.32. The van der Waals surface area contributed by atoms with Crippen LogP contribution in [0.2, 0.25) is 0 Å². The molecule has 0 aromatic heterocycles. The normalized spacial score (nSPS) is 24.6. The summed E-state index contributed by atoms with van der Waals surface area (Å²) in [6.45, 7) is 6.01. The Labute approximate surface area is 99.4 Å². The van der Waals surface area contributed by atoms with Crippen LogP contribution in [0, 0.1) is 0 Å². The Morgan fingerprint density at radius 3 is 2.69 bits per heavy atom. The minimum Gasteiger partial charge on any atom is -0.477 e. The SMILES string of the molecule is CSC1(C(=O)O)N=CC=C(NC(C)(C)C)N1. The van der Waals surface area contributed by atoms with Gasteiger partial charge in [-0.25, -0.2) is 9.79 Å². The molecule has 6 heteroatoms. The van der Waals surface area contributed by atoms with Crippen LogP contribution in [0.1, 0.15) is 20.8 Å². The fourth-order valence-electron chi connectivity index (χ4n) is 1.25. The van der Waals surface area contributed by atoms with Gasteiger partial charge in [-0.2, -0.15) is 0 Å². The summed E-state index contributed by atoms with van der Waals surface area (Å²) in [5.41, 5.74) is -0.132. The number of carboxylic acid groups (broad SMARTS) is 1. The summed E-state index contributed by atoms with van der Waals surface area (Å²) in [5, 5.41) is 15.2. The zero-order valence-corrected chi connectivity index (χ0v) is 10.7. The van der Waals surface area contributed by atoms with Crippen molar-refractivity contribution in [3.05, 3.63) is 11.9 Å². The lowest BCUT2D eigenvalue weighted by Crippen LogP contribution is -2.53. The molecule has 0 aliphatic carbocycles. The molecular weight excluding hydrogens is 226 g/mol. The van der Waals surface area contributed by atoms with Gasteiger partial charge in [0, 0.05) is 11.8 Å². The highest BCUT2D eigenvalue weighted by Crippen LogP contribution is 2.24. The first-order chi connectivity index (χ1) is 7.29. The van der Waals surface area contributed by atoms with Gasteiger partial charge in [-0.15, -0.1) is 11.8 Å². The van der Waals surface area contributed by atoms with Crippen molar-refractivity contribution in [2.24, 2.45) is 4.99 Å². The molecule has 1 rings (SSSR count). The van der Waals surface area contributed by atoms with Crippen LogP contribution >= 0.6 is 11.8 Å². The average Bonchev–Trinajstić information content (AvgIpc) is 2.15. The smallest absolute Gasteiger partial charge is 0.363 e. The number of aliphatic carboxylic acids is 1. The Hall–Kier alpha value is -1.17. The van der Waals surface area contributed by atoms with Crippen LogP contribution in [-0.2, 0) is 4.79 Å². The van der Waals surface area contributed by atoms with E-state index in [2.05, 4.69) is 15.6 Å². The molecule has 0 aromatic carbocycles. The van der Waals surface area contributed by atoms with Gasteiger partial charge < -0.3 is 15.7 Å². The van der Waals surface area contributed by atoms with Crippen LogP contribution < -0.4 is 10.6 Å². The van der Waals surface area contributed by atoms with Gasteiger partial charge in [0.1, 0.15) is 5.82 Å². The molecule has 0 bridgehead atoms. The van der Waals surface area contributed by atoms with Gasteiger partial charge in [0.25, 0.3) is 4.99 Å². The first-order valence-corrected chi connectivity index (χ1v) is 6.12. The second kappa shape index (κ2) is 4.37. The van der Waals surface area contributed by atoms with Crippen LogP contribution in [0.5, 0.6) is 0 Å². The third-order valence-corrected chi connectivity index (χ3v) is 2.87. The predicted molar refractivity (Wildman–Crippen MR) is 66.5 cm³/mol. The lowest BCUT2D eigenvalue weighted by Gasteiger charge is -2.33. The van der Waals surface area contributed by atoms with E-state index in [4.69, 9.17) is 5.11 Å². The first-order valence-electron chi connectivity index (χ1n) is 4.89. The summed E-state index contributed by atoms with van der Waals surface area (Å²) in [4.78, 5) is 13.8. The maximum Gasteiger partial charge on any atom is 0.363 e. The summed E-state index contributed by atoms with van der Waals surface area (Å²) < 4.78 is 0. The number of rotatable bonds is 3. The van der Waals surface area contributed by atoms with Gasteiger partial charge in [0.2, 0.25) is 0 Å². The van der Waals surface area contributed by atoms with Gasteiger partial charge >= 0.3 is 5.97 Å². The topological polar surface area (TPSA) is 73.7 Å². The van der Waals surface area contributed by atoms with Gasteiger partial charge in [-0.05, 0) is 33.1 Å². The predicted octanol–water partition coefficient (Wildman–Crippen LogP) is 0.991. The van der Waals surface area contributed by atoms with Crippen LogP contribution in [-0.4, -0.2) is 34.1 Å². The number of carbonyl (C=O) groups is 1. The monoisotopic (exact) mass is 243 g/mol. The molecule has 1 atom stereocenters. The van der Waals surface area contributed by atoms with Gasteiger partial charge in [0.05, 0.1) is 0 Å². The lowest BCUT2D eigenvalue weighted by atomic mass is 10.1. The maximum absolute atomic E-state index is 11.2. The number of thioether (sulfide) groups is 1. The van der Waals surface area contributed by atoms with E-state index in [1.165, 1.54) is 6.21 Å². The molecule has 0 fully saturated rings. The third kappa shape index (κ3) is 2.91. The molecular formula is C10H17N3O2S. The Morgan fingerprint density at radius 1 is 1.62 bits per heavy atom. The van der Waals surface area contributed by atoms with Gasteiger partial charge in [-0.3, -0.25) is 0 Å². The highest BCUT2D eigenvalue weighted by atomic mass is 32.2. The van der Waals surface area contributed by atoms with E-state index in [9.17, 15) is 4.79 Å². The van der Waals surface area contributed by atoms with E-state index in [1.54, 1.807) is 12.3 Å². The highest BCUT2D eigenvalue weighted by Gasteiger charge is 2.39. The molecule has 0 saturated heterocycles. The van der Waals surface area contributed by atoms with Crippen molar-refractivity contribution in [1.29, 1.82) is 0 Å². The van der Waals surface area contributed by atoms with Crippen molar-refractivity contribution in [3.63, 3.8) is 0 Å². The fraction of sp³-hybridized carbons (Fsp3) is 0.600. The second-order valence-electron chi connectivity index (χ2n) is 4.51. The van der Waals surface area contributed by atoms with Crippen molar-refractivity contribution in [1.82, 2.24) is 10.6 Å². The number of hydrogen-bond acceptors (Lipinski definition) is 5. The quantitative estimate of drug-likeness (QED) is 0.689. The van der Waals surface area contributed by atoms with E-state index in [1.807, 2.05) is 20.8 Å². The Balaban J connectivity index is 2.84. The van der Waals surface area contributed by atoms with E-state index in [-0.39, 0.29) is 5.54 Å². The van der Waals surface area contributed by atoms with Crippen LogP contribution in [0.4, 0.5) is 0 Å². The van der Waals surface area contributed by atoms with Crippen molar-refractivity contribution >= 4 is 23.9 Å². The van der Waals surface area contributed by atoms with Crippen LogP contribution in [0.3, 0.4) is 0 Å². The summed E-state index contributed by atoms with van der Waals surface area (Å²) in [6.07, 6.45) is 4.94. The summed E-state index contributed by atoms with van der Waals surface area (Å²) in [5.74, 6) is -0.336. The van der Waals surface area contributed by atoms with E-state index in [0.29, 0.717) is 5.82 Å². The molecule has 0 radical (unpaired) electrons. The summed E-state index contributed by atoms with van der Waals surface area (Å²) >= 11 is 1.14. The van der Waals surface area contributed by atoms with Gasteiger partial charge in [0.15, 0.2) is 0 Å². The molecule has 0 saturated carbocycles. The molecule has 0 spiro atoms. The molecule has 5 nitrogen and oxygen atoms in total. The lowest BCUT2D eigenvalue weighted by molar-refractivity contribution is -0.140. The number of carboxylic acids is 1. The van der Waals surface area contributed by atoms with Crippen molar-refractivity contribution in [2.75, 3.05) is 6.26 Å². The molecule has 1 aliphatic rings. The molecule has 1 aliphatic heterocycles. The fourth-order valence-corrected chi connectivity index (χ4v) is 1.80. The molecule has 1 heterocycles. The molecule has 0 amide bonds. The standard InChI is InChI=1S/C10H17N3O2S/c1-9(2,3)12-7-5-6-11-10(13-7,16-4)8(14)15/h5-6,12-13H,1-4H3,(H,14,15). The Bertz CT molecular complexity index is 346. The Morgan fingerprint density at radius 2 is 2.25 bits per heavy atom. The van der Waals surface area contributed by atoms with E-state index in [0.717, 1.165) is 11.8 Å². The number of hydrogen-bond donors (Lipinski definition) is 3. The van der Waals surface area contributed by atoms with Gasteiger partial charge in [-0.1, -0.05) is 0 Å². The van der Waals surface area contributed by atoms with Crippen LogP contribution in [0.25, 0.3) is 0 Å². The minimum absolute atomic E-state index is 0.132. The summed E-state index contributed by atoms with van der Waals surface area (Å²) in [7, 11) is 0. The zero-order chi connectivity index (χ0) is 12.4. The van der Waals surface area contributed by atoms with Crippen molar-refractivity contribution in [3.8, 4) is 0 Å². The first kappa shape index (κ1) is 12.9. The largest absolute Gasteiger partial charge is 0.477 e. The summed E-state index contributed by atoms with van der Waals surface area (Å²) in [6, 6.07) is 0. The number of nitrogens with one attached hydrogen (secondary N) is 2. The molecule has 3 N–H and O–H groups in total. The number of nitrogens with zero attached hydrogens (tertiary/aromatic N) is 1. The Kier molecular flexibility index (Phi) is 3.52. The third-order valence-electron chi connectivity index (χ3n) is 1.90. The van der Waals surface area contributed by atoms with E-state index >= 15 is 0 Å². The molecule has 16 heavy (non-hydrogen) atoms. The average molecular weight is 243 g/mol. The molecule has 0 aromatic rings. The maximum atomic E-state index is 11.2. The van der Waals surface area contributed by atoms with Crippen LogP contribution in [0.15, 0.2) is 16.9 Å². The highest BCUT2D eigenvalue weighted by molar-refractivity contribution is 8.00. The van der Waals surface area contributed by atoms with Crippen molar-refractivity contribution in [2.45, 2.75) is 31.3 Å².